The second kappa shape index (κ2) is 18.7. The molecule has 1 aromatic rings. The molecule has 0 spiro atoms. The molecular weight excluding hydrogens is 573 g/mol. The van der Waals surface area contributed by atoms with Crippen LogP contribution in [0.25, 0.3) is 0 Å². The summed E-state index contributed by atoms with van der Waals surface area (Å²) in [4.78, 5) is 0. The van der Waals surface area contributed by atoms with Gasteiger partial charge in [-0.1, -0.05) is 83.5 Å². The van der Waals surface area contributed by atoms with Crippen molar-refractivity contribution in [2.45, 2.75) is 108 Å². The van der Waals surface area contributed by atoms with Crippen LogP contribution >= 0.6 is 23.5 Å². The van der Waals surface area contributed by atoms with Gasteiger partial charge in [-0.3, -0.25) is 0 Å². The lowest BCUT2D eigenvalue weighted by molar-refractivity contribution is -0.168. The molecule has 1 fully saturated rings. The van der Waals surface area contributed by atoms with E-state index in [2.05, 4.69) is 107 Å². The van der Waals surface area contributed by atoms with Crippen LogP contribution in [-0.4, -0.2) is 77.8 Å². The van der Waals surface area contributed by atoms with E-state index in [0.717, 1.165) is 38.1 Å². The zero-order chi connectivity index (χ0) is 29.5. The minimum atomic E-state index is -1.14. The van der Waals surface area contributed by atoms with Crippen LogP contribution in [0.3, 0.4) is 0 Å². The first kappa shape index (κ1) is 36.3. The second-order valence-electron chi connectivity index (χ2n) is 13.9. The molecule has 9 heteroatoms. The maximum Gasteiger partial charge on any atom is 0.147 e. The van der Waals surface area contributed by atoms with Gasteiger partial charge < -0.3 is 23.7 Å². The van der Waals surface area contributed by atoms with Gasteiger partial charge in [0, 0.05) is 34.8 Å². The van der Waals surface area contributed by atoms with Crippen LogP contribution in [0.15, 0.2) is 30.3 Å². The normalized spacial score (nSPS) is 17.2. The van der Waals surface area contributed by atoms with Crippen molar-refractivity contribution in [1.82, 2.24) is 0 Å². The van der Waals surface area contributed by atoms with E-state index in [4.69, 9.17) is 23.7 Å². The maximum atomic E-state index is 6.74. The van der Waals surface area contributed by atoms with Gasteiger partial charge in [0.05, 0.1) is 30.0 Å². The average molecular weight is 631 g/mol. The van der Waals surface area contributed by atoms with Gasteiger partial charge in [0.1, 0.15) is 13.6 Å². The lowest BCUT2D eigenvalue weighted by Crippen LogP contribution is -2.45. The molecule has 0 radical (unpaired) electrons. The first-order valence-corrected chi connectivity index (χ1v) is 24.6. The first-order valence-electron chi connectivity index (χ1n) is 15.1. The Balaban J connectivity index is 2.03. The van der Waals surface area contributed by atoms with E-state index in [9.17, 15) is 0 Å². The summed E-state index contributed by atoms with van der Waals surface area (Å²) < 4.78 is 31.5. The summed E-state index contributed by atoms with van der Waals surface area (Å²) >= 11 is 4.16. The molecule has 0 saturated carbocycles. The topological polar surface area (TPSA) is 46.2 Å². The van der Waals surface area contributed by atoms with Crippen LogP contribution in [0.5, 0.6) is 0 Å². The molecule has 0 amide bonds. The predicted octanol–water partition coefficient (Wildman–Crippen LogP) is 8.60. The number of rotatable bonds is 21. The predicted molar refractivity (Wildman–Crippen MR) is 180 cm³/mol. The molecule has 1 aromatic carbocycles. The fraction of sp³-hybridized carbons (Fsp3) is 0.806. The molecule has 2 atom stereocenters. The van der Waals surface area contributed by atoms with E-state index in [-0.39, 0.29) is 17.6 Å². The van der Waals surface area contributed by atoms with Crippen molar-refractivity contribution in [3.8, 4) is 0 Å². The molecule has 1 aliphatic heterocycles. The summed E-state index contributed by atoms with van der Waals surface area (Å²) in [5.74, 6) is 2.47. The van der Waals surface area contributed by atoms with Crippen molar-refractivity contribution < 1.29 is 23.7 Å². The molecule has 0 unspecified atom stereocenters. The second-order valence-corrected chi connectivity index (χ2v) is 28.1. The Bertz CT molecular complexity index is 780. The van der Waals surface area contributed by atoms with Gasteiger partial charge in [-0.25, -0.2) is 0 Å². The third-order valence-corrected chi connectivity index (χ3v) is 13.7. The molecular formula is C31H58O5S2Si2. The maximum absolute atomic E-state index is 6.74. The summed E-state index contributed by atoms with van der Waals surface area (Å²) in [6.45, 7) is 22.2. The molecule has 0 N–H and O–H groups in total. The molecule has 232 valence electrons. The monoisotopic (exact) mass is 630 g/mol. The van der Waals surface area contributed by atoms with Crippen LogP contribution in [0.1, 0.15) is 38.7 Å². The molecule has 1 heterocycles. The van der Waals surface area contributed by atoms with Crippen molar-refractivity contribution in [3.63, 3.8) is 0 Å². The highest BCUT2D eigenvalue weighted by atomic mass is 32.2. The van der Waals surface area contributed by atoms with Gasteiger partial charge >= 0.3 is 0 Å². The van der Waals surface area contributed by atoms with E-state index in [1.54, 1.807) is 0 Å². The Hall–Kier alpha value is 0.154. The van der Waals surface area contributed by atoms with Crippen LogP contribution in [0, 0.1) is 5.41 Å². The average Bonchev–Trinajstić information content (AvgIpc) is 2.88. The minimum absolute atomic E-state index is 0.0517. The number of ether oxygens (including phenoxy) is 5. The first-order chi connectivity index (χ1) is 18.9. The smallest absolute Gasteiger partial charge is 0.147 e. The fourth-order valence-electron chi connectivity index (χ4n) is 4.40. The standard InChI is InChI=1S/C31H58O5S2Si2/c1-31(2,29(23-30-37-19-12-20-38-30)35-24-27-13-10-9-11-14-27)28(36-26-34-18-22-40(6,7)8)15-16-32-25-33-17-21-39(3,4)5/h9-11,13-14,28-30H,12,15-26H2,1-8H3/t28-,29-/m1/s1. The zero-order valence-electron chi connectivity index (χ0n) is 26.7. The lowest BCUT2D eigenvalue weighted by atomic mass is 9.78. The van der Waals surface area contributed by atoms with Crippen molar-refractivity contribution in [3.05, 3.63) is 35.9 Å². The van der Waals surface area contributed by atoms with Gasteiger partial charge in [-0.05, 0) is 48.4 Å². The van der Waals surface area contributed by atoms with Gasteiger partial charge in [0.25, 0.3) is 0 Å². The molecule has 40 heavy (non-hydrogen) atoms. The van der Waals surface area contributed by atoms with Crippen LogP contribution in [0.4, 0.5) is 0 Å². The SMILES string of the molecule is CC(C)([C@@H](CCOCOCC[Si](C)(C)C)OCOCC[Si](C)(C)C)[C@@H](CC1SCCCS1)OCc1ccccc1. The van der Waals surface area contributed by atoms with Crippen molar-refractivity contribution in [1.29, 1.82) is 0 Å². The summed E-state index contributed by atoms with van der Waals surface area (Å²) in [5.41, 5.74) is 0.982. The summed E-state index contributed by atoms with van der Waals surface area (Å²) in [7, 11) is -2.24. The molecule has 2 rings (SSSR count). The minimum Gasteiger partial charge on any atom is -0.373 e. The molecule has 0 aliphatic carbocycles. The Morgan fingerprint density at radius 2 is 1.35 bits per heavy atom. The van der Waals surface area contributed by atoms with Gasteiger partial charge in [0.2, 0.25) is 0 Å². The molecule has 0 aromatic heterocycles. The number of thioether (sulfide) groups is 2. The molecule has 0 bridgehead atoms. The summed E-state index contributed by atoms with van der Waals surface area (Å²) in [6.07, 6.45) is 3.07. The van der Waals surface area contributed by atoms with E-state index in [0.29, 0.717) is 31.4 Å². The number of benzene rings is 1. The van der Waals surface area contributed by atoms with Crippen molar-refractivity contribution in [2.75, 3.05) is 44.9 Å². The van der Waals surface area contributed by atoms with Gasteiger partial charge in [-0.2, -0.15) is 0 Å². The molecule has 1 aliphatic rings. The largest absolute Gasteiger partial charge is 0.373 e. The highest BCUT2D eigenvalue weighted by Crippen LogP contribution is 2.41. The zero-order valence-corrected chi connectivity index (χ0v) is 30.3. The summed E-state index contributed by atoms with van der Waals surface area (Å²) in [5, 5.41) is 0. The lowest BCUT2D eigenvalue weighted by Gasteiger charge is -2.42. The fourth-order valence-corrected chi connectivity index (χ4v) is 8.82. The van der Waals surface area contributed by atoms with Crippen LogP contribution in [-0.2, 0) is 30.3 Å². The van der Waals surface area contributed by atoms with Gasteiger partial charge in [0.15, 0.2) is 0 Å². The van der Waals surface area contributed by atoms with E-state index < -0.39 is 16.1 Å². The van der Waals surface area contributed by atoms with Crippen molar-refractivity contribution >= 4 is 39.7 Å². The Kier molecular flexibility index (Phi) is 17.0. The van der Waals surface area contributed by atoms with Gasteiger partial charge in [-0.15, -0.1) is 23.5 Å². The molecule has 5 nitrogen and oxygen atoms in total. The third kappa shape index (κ3) is 16.1. The Morgan fingerprint density at radius 3 is 1.95 bits per heavy atom. The Morgan fingerprint density at radius 1 is 0.775 bits per heavy atom. The number of hydrogen-bond acceptors (Lipinski definition) is 7. The third-order valence-electron chi connectivity index (χ3n) is 7.29. The van der Waals surface area contributed by atoms with Crippen LogP contribution in [0.2, 0.25) is 51.4 Å². The van der Waals surface area contributed by atoms with Crippen molar-refractivity contribution in [2.24, 2.45) is 5.41 Å². The molecule has 1 saturated heterocycles. The Labute approximate surface area is 256 Å². The van der Waals surface area contributed by atoms with E-state index in [1.807, 2.05) is 0 Å². The number of hydrogen-bond donors (Lipinski definition) is 0. The summed E-state index contributed by atoms with van der Waals surface area (Å²) in [6, 6.07) is 12.8. The van der Waals surface area contributed by atoms with Crippen LogP contribution < -0.4 is 0 Å². The van der Waals surface area contributed by atoms with E-state index >= 15 is 0 Å². The van der Waals surface area contributed by atoms with E-state index in [1.165, 1.54) is 23.5 Å². The highest BCUT2D eigenvalue weighted by molar-refractivity contribution is 8.17. The highest BCUT2D eigenvalue weighted by Gasteiger charge is 2.40. The quantitative estimate of drug-likeness (QED) is 0.0766.